The van der Waals surface area contributed by atoms with Gasteiger partial charge in [-0.15, -0.1) is 5.10 Å². The summed E-state index contributed by atoms with van der Waals surface area (Å²) < 4.78 is 60.2. The van der Waals surface area contributed by atoms with E-state index in [4.69, 9.17) is 4.74 Å². The van der Waals surface area contributed by atoms with Crippen LogP contribution in [0.5, 0.6) is 0 Å². The van der Waals surface area contributed by atoms with Crippen molar-refractivity contribution in [1.82, 2.24) is 25.1 Å². The van der Waals surface area contributed by atoms with E-state index in [-0.39, 0.29) is 5.82 Å². The average molecular weight is 464 g/mol. The Morgan fingerprint density at radius 3 is 2.33 bits per heavy atom. The van der Waals surface area contributed by atoms with E-state index in [1.165, 1.54) is 18.2 Å². The molecule has 1 fully saturated rings. The Bertz CT molecular complexity index is 1050. The van der Waals surface area contributed by atoms with Crippen molar-refractivity contribution in [3.05, 3.63) is 71.3 Å². The van der Waals surface area contributed by atoms with E-state index < -0.39 is 17.8 Å². The molecule has 0 N–H and O–H groups in total. The lowest BCUT2D eigenvalue weighted by molar-refractivity contribution is -0.137. The first-order valence-corrected chi connectivity index (χ1v) is 10.5. The van der Waals surface area contributed by atoms with Gasteiger partial charge in [0.25, 0.3) is 0 Å². The Kier molecular flexibility index (Phi) is 6.89. The molecule has 1 atom stereocenters. The SMILES string of the molecule is COCCn1nnnc1[C@@H](c1ccc(C(F)(F)F)cc1)N1CCN(c2ccccc2F)CC1. The normalized spacial score (nSPS) is 16.2. The summed E-state index contributed by atoms with van der Waals surface area (Å²) in [7, 11) is 1.57. The van der Waals surface area contributed by atoms with Crippen LogP contribution in [0.3, 0.4) is 0 Å². The quantitative estimate of drug-likeness (QED) is 0.500. The number of nitrogens with zero attached hydrogens (tertiary/aromatic N) is 6. The number of hydrogen-bond acceptors (Lipinski definition) is 6. The van der Waals surface area contributed by atoms with Crippen LogP contribution in [0.15, 0.2) is 48.5 Å². The Balaban J connectivity index is 1.61. The van der Waals surface area contributed by atoms with E-state index in [1.54, 1.807) is 30.0 Å². The molecule has 0 amide bonds. The van der Waals surface area contributed by atoms with Crippen LogP contribution in [0.4, 0.5) is 23.2 Å². The number of alkyl halides is 3. The minimum Gasteiger partial charge on any atom is -0.383 e. The van der Waals surface area contributed by atoms with Gasteiger partial charge in [0.2, 0.25) is 0 Å². The first-order chi connectivity index (χ1) is 15.9. The maximum atomic E-state index is 14.2. The highest BCUT2D eigenvalue weighted by molar-refractivity contribution is 5.48. The van der Waals surface area contributed by atoms with E-state index in [0.29, 0.717) is 56.4 Å². The highest BCUT2D eigenvalue weighted by Crippen LogP contribution is 2.33. The number of tetrazole rings is 1. The number of hydrogen-bond donors (Lipinski definition) is 0. The molecule has 1 saturated heterocycles. The third-order valence-corrected chi connectivity index (χ3v) is 5.74. The molecule has 2 heterocycles. The summed E-state index contributed by atoms with van der Waals surface area (Å²) in [6.45, 7) is 3.01. The fourth-order valence-corrected chi connectivity index (χ4v) is 4.05. The molecular formula is C22H24F4N6O. The molecule has 176 valence electrons. The number of piperazine rings is 1. The van der Waals surface area contributed by atoms with Gasteiger partial charge in [-0.25, -0.2) is 9.07 Å². The number of methoxy groups -OCH3 is 1. The Hall–Kier alpha value is -3.05. The molecule has 0 aliphatic carbocycles. The first kappa shape index (κ1) is 23.1. The largest absolute Gasteiger partial charge is 0.416 e. The van der Waals surface area contributed by atoms with Crippen molar-refractivity contribution in [2.75, 3.05) is 44.8 Å². The van der Waals surface area contributed by atoms with Crippen molar-refractivity contribution in [2.24, 2.45) is 0 Å². The van der Waals surface area contributed by atoms with Crippen molar-refractivity contribution in [2.45, 2.75) is 18.8 Å². The molecule has 0 radical (unpaired) electrons. The summed E-state index contributed by atoms with van der Waals surface area (Å²) in [6, 6.07) is 11.2. The van der Waals surface area contributed by atoms with Gasteiger partial charge < -0.3 is 9.64 Å². The number of para-hydroxylation sites is 1. The van der Waals surface area contributed by atoms with Crippen LogP contribution < -0.4 is 4.90 Å². The van der Waals surface area contributed by atoms with Crippen molar-refractivity contribution in [1.29, 1.82) is 0 Å². The third-order valence-electron chi connectivity index (χ3n) is 5.74. The minimum absolute atomic E-state index is 0.284. The zero-order valence-corrected chi connectivity index (χ0v) is 18.0. The van der Waals surface area contributed by atoms with Crippen LogP contribution in [0.2, 0.25) is 0 Å². The van der Waals surface area contributed by atoms with Crippen LogP contribution in [-0.2, 0) is 17.5 Å². The van der Waals surface area contributed by atoms with Gasteiger partial charge in [-0.1, -0.05) is 24.3 Å². The maximum absolute atomic E-state index is 14.2. The molecule has 11 heteroatoms. The smallest absolute Gasteiger partial charge is 0.383 e. The Morgan fingerprint density at radius 2 is 1.70 bits per heavy atom. The number of benzene rings is 2. The van der Waals surface area contributed by atoms with Crippen molar-refractivity contribution in [3.8, 4) is 0 Å². The van der Waals surface area contributed by atoms with Crippen LogP contribution in [0, 0.1) is 5.82 Å². The Labute approximate surface area is 188 Å². The second-order valence-electron chi connectivity index (χ2n) is 7.75. The van der Waals surface area contributed by atoms with Gasteiger partial charge in [0, 0.05) is 33.3 Å². The van der Waals surface area contributed by atoms with E-state index >= 15 is 0 Å². The lowest BCUT2D eigenvalue weighted by Crippen LogP contribution is -2.48. The molecule has 7 nitrogen and oxygen atoms in total. The predicted molar refractivity (Wildman–Crippen MR) is 113 cm³/mol. The molecule has 0 saturated carbocycles. The molecule has 0 spiro atoms. The summed E-state index contributed by atoms with van der Waals surface area (Å²) in [6.07, 6.45) is -4.42. The van der Waals surface area contributed by atoms with Crippen molar-refractivity contribution in [3.63, 3.8) is 0 Å². The summed E-state index contributed by atoms with van der Waals surface area (Å²) >= 11 is 0. The van der Waals surface area contributed by atoms with E-state index in [2.05, 4.69) is 20.4 Å². The van der Waals surface area contributed by atoms with Crippen LogP contribution in [-0.4, -0.2) is 65.0 Å². The zero-order valence-electron chi connectivity index (χ0n) is 18.0. The third kappa shape index (κ3) is 5.14. The van der Waals surface area contributed by atoms with Crippen molar-refractivity contribution < 1.29 is 22.3 Å². The molecular weight excluding hydrogens is 440 g/mol. The van der Waals surface area contributed by atoms with Gasteiger partial charge in [0.1, 0.15) is 5.82 Å². The average Bonchev–Trinajstić information content (AvgIpc) is 3.26. The predicted octanol–water partition coefficient (Wildman–Crippen LogP) is 3.39. The second-order valence-corrected chi connectivity index (χ2v) is 7.75. The lowest BCUT2D eigenvalue weighted by Gasteiger charge is -2.40. The molecule has 0 unspecified atom stereocenters. The van der Waals surface area contributed by atoms with E-state index in [1.807, 2.05) is 4.90 Å². The van der Waals surface area contributed by atoms with Gasteiger partial charge in [-0.3, -0.25) is 4.90 Å². The fraction of sp³-hybridized carbons (Fsp3) is 0.409. The van der Waals surface area contributed by atoms with Gasteiger partial charge >= 0.3 is 6.18 Å². The highest BCUT2D eigenvalue weighted by Gasteiger charge is 2.33. The van der Waals surface area contributed by atoms with Crippen LogP contribution in [0.25, 0.3) is 0 Å². The van der Waals surface area contributed by atoms with Crippen molar-refractivity contribution >= 4 is 5.69 Å². The molecule has 2 aromatic carbocycles. The van der Waals surface area contributed by atoms with Gasteiger partial charge in [-0.2, -0.15) is 13.2 Å². The summed E-state index contributed by atoms with van der Waals surface area (Å²) in [5.41, 5.74) is 0.470. The molecule has 33 heavy (non-hydrogen) atoms. The molecule has 1 aliphatic heterocycles. The van der Waals surface area contributed by atoms with Crippen LogP contribution in [0.1, 0.15) is 23.0 Å². The van der Waals surface area contributed by atoms with Gasteiger partial charge in [0.05, 0.1) is 30.4 Å². The number of anilines is 1. The van der Waals surface area contributed by atoms with E-state index in [0.717, 1.165) is 12.1 Å². The topological polar surface area (TPSA) is 59.3 Å². The fourth-order valence-electron chi connectivity index (χ4n) is 4.05. The standard InChI is InChI=1S/C22H24F4N6O/c1-33-15-14-32-21(27-28-29-32)20(16-6-8-17(9-7-16)22(24,25)26)31-12-10-30(11-13-31)19-5-3-2-4-18(19)23/h2-9,20H,10-15H2,1H3/t20-/m1/s1. The molecule has 0 bridgehead atoms. The first-order valence-electron chi connectivity index (χ1n) is 10.5. The second kappa shape index (κ2) is 9.84. The summed E-state index contributed by atoms with van der Waals surface area (Å²) in [5.74, 6) is 0.236. The maximum Gasteiger partial charge on any atom is 0.416 e. The van der Waals surface area contributed by atoms with Crippen LogP contribution >= 0.6 is 0 Å². The summed E-state index contributed by atoms with van der Waals surface area (Å²) in [5, 5.41) is 12.0. The molecule has 3 aromatic rings. The van der Waals surface area contributed by atoms with Gasteiger partial charge in [-0.05, 0) is 40.3 Å². The highest BCUT2D eigenvalue weighted by atomic mass is 19.4. The Morgan fingerprint density at radius 1 is 1.00 bits per heavy atom. The number of rotatable bonds is 7. The minimum atomic E-state index is -4.42. The molecule has 1 aromatic heterocycles. The zero-order chi connectivity index (χ0) is 23.4. The number of halogens is 4. The summed E-state index contributed by atoms with van der Waals surface area (Å²) in [4.78, 5) is 4.07. The number of ether oxygens (including phenoxy) is 1. The van der Waals surface area contributed by atoms with E-state index in [9.17, 15) is 17.6 Å². The molecule has 4 rings (SSSR count). The lowest BCUT2D eigenvalue weighted by atomic mass is 10.0. The number of aromatic nitrogens is 4. The monoisotopic (exact) mass is 464 g/mol. The van der Waals surface area contributed by atoms with Gasteiger partial charge in [0.15, 0.2) is 5.82 Å². The molecule has 1 aliphatic rings.